The third-order valence-corrected chi connectivity index (χ3v) is 5.71. The Hall–Kier alpha value is -2.48. The molecule has 3 aromatic rings. The summed E-state index contributed by atoms with van der Waals surface area (Å²) in [6.07, 6.45) is 3.15. The van der Waals surface area contributed by atoms with Gasteiger partial charge in [0.25, 0.3) is 0 Å². The maximum absolute atomic E-state index is 13.1. The van der Waals surface area contributed by atoms with Gasteiger partial charge in [-0.3, -0.25) is 0 Å². The third-order valence-electron chi connectivity index (χ3n) is 4.86. The molecule has 4 nitrogen and oxygen atoms in total. The zero-order chi connectivity index (χ0) is 19.6. The van der Waals surface area contributed by atoms with Crippen LogP contribution in [0.5, 0.6) is 0 Å². The van der Waals surface area contributed by atoms with Gasteiger partial charge in [-0.05, 0) is 31.0 Å². The molecule has 1 aliphatic rings. The van der Waals surface area contributed by atoms with Crippen molar-refractivity contribution in [2.45, 2.75) is 44.3 Å². The molecule has 1 saturated carbocycles. The Balaban J connectivity index is 1.63. The molecule has 1 aromatic carbocycles. The molecule has 0 atom stereocenters. The monoisotopic (exact) mass is 404 g/mol. The molecular formula is C20H19F3N4S. The minimum absolute atomic E-state index is 0.369. The highest BCUT2D eigenvalue weighted by Crippen LogP contribution is 2.37. The first-order valence-corrected chi connectivity index (χ1v) is 10.1. The summed E-state index contributed by atoms with van der Waals surface area (Å²) in [7, 11) is 0. The lowest BCUT2D eigenvalue weighted by Crippen LogP contribution is -2.23. The fourth-order valence-electron chi connectivity index (χ4n) is 3.46. The highest BCUT2D eigenvalue weighted by atomic mass is 32.1. The highest BCUT2D eigenvalue weighted by Gasteiger charge is 2.30. The smallest absolute Gasteiger partial charge is 0.351 e. The van der Waals surface area contributed by atoms with Gasteiger partial charge in [0.05, 0.1) is 27.3 Å². The lowest BCUT2D eigenvalue weighted by Gasteiger charge is -2.22. The second-order valence-electron chi connectivity index (χ2n) is 6.85. The lowest BCUT2D eigenvalue weighted by molar-refractivity contribution is -0.137. The summed E-state index contributed by atoms with van der Waals surface area (Å²) in [5.41, 5.74) is 2.51. The molecule has 4 rings (SSSR count). The van der Waals surface area contributed by atoms with Gasteiger partial charge in [-0.15, -0.1) is 11.3 Å². The van der Waals surface area contributed by atoms with Crippen LogP contribution < -0.4 is 5.32 Å². The zero-order valence-electron chi connectivity index (χ0n) is 15.0. The van der Waals surface area contributed by atoms with E-state index in [1.807, 2.05) is 0 Å². The van der Waals surface area contributed by atoms with Gasteiger partial charge in [0.1, 0.15) is 0 Å². The van der Waals surface area contributed by atoms with E-state index in [4.69, 9.17) is 0 Å². The first-order valence-electron chi connectivity index (χ1n) is 9.22. The summed E-state index contributed by atoms with van der Waals surface area (Å²) in [4.78, 5) is 13.9. The van der Waals surface area contributed by atoms with Crippen molar-refractivity contribution in [3.8, 4) is 21.8 Å². The van der Waals surface area contributed by atoms with Gasteiger partial charge in [0.15, 0.2) is 0 Å². The molecule has 1 N–H and O–H groups in total. The average molecular weight is 404 g/mol. The van der Waals surface area contributed by atoms with E-state index in [0.717, 1.165) is 29.9 Å². The summed E-state index contributed by atoms with van der Waals surface area (Å²) in [6.45, 7) is 0. The molecule has 0 radical (unpaired) electrons. The van der Waals surface area contributed by atoms with Crippen LogP contribution in [0.1, 0.15) is 37.7 Å². The van der Waals surface area contributed by atoms with E-state index in [1.165, 1.54) is 36.7 Å². The molecule has 0 aliphatic heterocycles. The molecule has 28 heavy (non-hydrogen) atoms. The van der Waals surface area contributed by atoms with Crippen molar-refractivity contribution in [3.05, 3.63) is 47.6 Å². The van der Waals surface area contributed by atoms with Crippen molar-refractivity contribution in [3.63, 3.8) is 0 Å². The fraction of sp³-hybridized carbons (Fsp3) is 0.350. The number of aromatic nitrogens is 3. The first-order chi connectivity index (χ1) is 13.5. The van der Waals surface area contributed by atoms with Crippen LogP contribution in [0.3, 0.4) is 0 Å². The molecular weight excluding hydrogens is 385 g/mol. The minimum atomic E-state index is -4.39. The van der Waals surface area contributed by atoms with Crippen LogP contribution in [0, 0.1) is 0 Å². The van der Waals surface area contributed by atoms with Gasteiger partial charge >= 0.3 is 6.18 Å². The van der Waals surface area contributed by atoms with Crippen molar-refractivity contribution in [2.75, 3.05) is 5.32 Å². The molecule has 0 bridgehead atoms. The van der Waals surface area contributed by atoms with Gasteiger partial charge in [0, 0.05) is 17.8 Å². The summed E-state index contributed by atoms with van der Waals surface area (Å²) in [5.74, 6) is 0.549. The number of nitrogens with one attached hydrogen (secondary N) is 1. The van der Waals surface area contributed by atoms with Crippen LogP contribution in [0.4, 0.5) is 19.1 Å². The molecule has 0 spiro atoms. The summed E-state index contributed by atoms with van der Waals surface area (Å²) >= 11 is 1.36. The van der Waals surface area contributed by atoms with Gasteiger partial charge in [0.2, 0.25) is 5.95 Å². The number of thiazole rings is 1. The number of rotatable bonds is 4. The lowest BCUT2D eigenvalue weighted by atomic mass is 9.96. The number of nitrogens with zero attached hydrogens (tertiary/aromatic N) is 3. The number of hydrogen-bond donors (Lipinski definition) is 1. The Labute approximate surface area is 164 Å². The molecule has 2 aromatic heterocycles. The SMILES string of the molecule is FC(F)(F)c1cccc(-c2ncsc2-c2ccnc(NC3CCCCC3)n2)c1. The molecule has 0 unspecified atom stereocenters. The number of halogens is 3. The van der Waals surface area contributed by atoms with Crippen molar-refractivity contribution in [1.82, 2.24) is 15.0 Å². The number of alkyl halides is 3. The standard InChI is InChI=1S/C20H19F3N4S/c21-20(22,23)14-6-4-5-13(11-14)17-18(28-12-25-17)16-9-10-24-19(27-16)26-15-7-2-1-3-8-15/h4-6,9-12,15H,1-3,7-8H2,(H,24,26,27). The van der Waals surface area contributed by atoms with Crippen molar-refractivity contribution in [2.24, 2.45) is 0 Å². The molecule has 1 aliphatic carbocycles. The predicted octanol–water partition coefficient (Wildman–Crippen LogP) is 6.03. The van der Waals surface area contributed by atoms with E-state index in [0.29, 0.717) is 28.9 Å². The second-order valence-corrected chi connectivity index (χ2v) is 7.71. The van der Waals surface area contributed by atoms with Crippen LogP contribution in [-0.4, -0.2) is 21.0 Å². The van der Waals surface area contributed by atoms with E-state index in [-0.39, 0.29) is 0 Å². The number of anilines is 1. The van der Waals surface area contributed by atoms with Crippen molar-refractivity contribution < 1.29 is 13.2 Å². The number of hydrogen-bond acceptors (Lipinski definition) is 5. The maximum Gasteiger partial charge on any atom is 0.416 e. The Morgan fingerprint density at radius 1 is 1.04 bits per heavy atom. The second kappa shape index (κ2) is 7.87. The molecule has 2 heterocycles. The minimum Gasteiger partial charge on any atom is -0.351 e. The van der Waals surface area contributed by atoms with Gasteiger partial charge in [-0.25, -0.2) is 15.0 Å². The quantitative estimate of drug-likeness (QED) is 0.577. The van der Waals surface area contributed by atoms with E-state index >= 15 is 0 Å². The Morgan fingerprint density at radius 2 is 1.86 bits per heavy atom. The summed E-state index contributed by atoms with van der Waals surface area (Å²) in [5, 5.41) is 3.38. The van der Waals surface area contributed by atoms with Gasteiger partial charge < -0.3 is 5.32 Å². The Morgan fingerprint density at radius 3 is 2.64 bits per heavy atom. The highest BCUT2D eigenvalue weighted by molar-refractivity contribution is 7.13. The Bertz CT molecular complexity index is 948. The largest absolute Gasteiger partial charge is 0.416 e. The topological polar surface area (TPSA) is 50.7 Å². The van der Waals surface area contributed by atoms with Gasteiger partial charge in [-0.2, -0.15) is 13.2 Å². The van der Waals surface area contributed by atoms with Crippen LogP contribution in [-0.2, 0) is 6.18 Å². The van der Waals surface area contributed by atoms with E-state index in [1.54, 1.807) is 23.8 Å². The Kier molecular flexibility index (Phi) is 5.30. The third kappa shape index (κ3) is 4.16. The molecule has 8 heteroatoms. The fourth-order valence-corrected chi connectivity index (χ4v) is 4.24. The van der Waals surface area contributed by atoms with Gasteiger partial charge in [-0.1, -0.05) is 31.4 Å². The molecule has 0 saturated heterocycles. The summed E-state index contributed by atoms with van der Waals surface area (Å²) in [6, 6.07) is 7.35. The van der Waals surface area contributed by atoms with E-state index in [2.05, 4.69) is 20.3 Å². The van der Waals surface area contributed by atoms with Crippen LogP contribution >= 0.6 is 11.3 Å². The van der Waals surface area contributed by atoms with Crippen LogP contribution in [0.15, 0.2) is 42.0 Å². The van der Waals surface area contributed by atoms with Crippen LogP contribution in [0.25, 0.3) is 21.8 Å². The van der Waals surface area contributed by atoms with Crippen molar-refractivity contribution in [1.29, 1.82) is 0 Å². The van der Waals surface area contributed by atoms with Crippen LogP contribution in [0.2, 0.25) is 0 Å². The maximum atomic E-state index is 13.1. The molecule has 146 valence electrons. The predicted molar refractivity (Wildman–Crippen MR) is 104 cm³/mol. The normalized spacial score (nSPS) is 15.5. The first kappa shape index (κ1) is 18.9. The van der Waals surface area contributed by atoms with E-state index < -0.39 is 11.7 Å². The number of benzene rings is 1. The molecule has 0 amide bonds. The zero-order valence-corrected chi connectivity index (χ0v) is 15.9. The van der Waals surface area contributed by atoms with Crippen molar-refractivity contribution >= 4 is 17.3 Å². The molecule has 1 fully saturated rings. The summed E-state index contributed by atoms with van der Waals surface area (Å²) < 4.78 is 39.2. The average Bonchev–Trinajstić information content (AvgIpc) is 3.18. The van der Waals surface area contributed by atoms with E-state index in [9.17, 15) is 13.2 Å².